The number of nitrogens with zero attached hydrogens (tertiary/aromatic N) is 2. The van der Waals surface area contributed by atoms with E-state index < -0.39 is 0 Å². The minimum absolute atomic E-state index is 0.346. The fourth-order valence-electron chi connectivity index (χ4n) is 2.21. The molecule has 0 aromatic rings. The van der Waals surface area contributed by atoms with Crippen LogP contribution in [0.2, 0.25) is 0 Å². The summed E-state index contributed by atoms with van der Waals surface area (Å²) in [7, 11) is 12.2. The summed E-state index contributed by atoms with van der Waals surface area (Å²) >= 11 is 0. The van der Waals surface area contributed by atoms with E-state index in [-0.39, 0.29) is 0 Å². The number of unbranched alkanes of at least 4 members (excludes halogenated alkanes) is 3. The second kappa shape index (κ2) is 8.53. The number of rotatable bonds is 11. The van der Waals surface area contributed by atoms with Gasteiger partial charge in [-0.2, -0.15) is 0 Å². The molecule has 0 atom stereocenters. The van der Waals surface area contributed by atoms with Gasteiger partial charge in [0.05, 0.1) is 42.3 Å². The molecule has 0 aliphatic heterocycles. The van der Waals surface area contributed by atoms with Crippen molar-refractivity contribution in [3.63, 3.8) is 0 Å². The molecule has 0 aliphatic carbocycles. The smallest absolute Gasteiger partial charge is 0.186 e. The predicted molar refractivity (Wildman–Crippen MR) is 83.5 cm³/mol. The van der Waals surface area contributed by atoms with Crippen LogP contribution in [-0.4, -0.2) is 75.9 Å². The summed E-state index contributed by atoms with van der Waals surface area (Å²) in [5.74, 6) is 0.692. The molecule has 0 saturated heterocycles. The summed E-state index contributed by atoms with van der Waals surface area (Å²) in [6.07, 6.45) is 5.40. The number of hydrogen-bond donors (Lipinski definition) is 0. The lowest BCUT2D eigenvalue weighted by Gasteiger charge is -2.22. The molecule has 118 valence electrons. The molecule has 0 radical (unpaired) electrons. The second-order valence-electron chi connectivity index (χ2n) is 7.89. The number of hydrogen-bond acceptors (Lipinski definition) is 2. The molecule has 0 rings (SSSR count). The van der Waals surface area contributed by atoms with Crippen LogP contribution in [0.25, 0.3) is 0 Å². The quantitative estimate of drug-likeness (QED) is 0.429. The van der Waals surface area contributed by atoms with Crippen LogP contribution in [0.15, 0.2) is 0 Å². The summed E-state index contributed by atoms with van der Waals surface area (Å²) in [5, 5.41) is 0. The van der Waals surface area contributed by atoms with Gasteiger partial charge in [0.15, 0.2) is 11.6 Å². The minimum atomic E-state index is 0.346. The largest absolute Gasteiger partial charge is 0.325 e. The minimum Gasteiger partial charge on any atom is -0.325 e. The first-order chi connectivity index (χ1) is 8.99. The third kappa shape index (κ3) is 13.7. The highest BCUT2D eigenvalue weighted by Crippen LogP contribution is 2.08. The van der Waals surface area contributed by atoms with Crippen LogP contribution in [0.1, 0.15) is 38.5 Å². The number of carbonyl (C=O) groups excluding carboxylic acids is 2. The lowest BCUT2D eigenvalue weighted by molar-refractivity contribution is -0.862. The molecule has 0 heterocycles. The second-order valence-corrected chi connectivity index (χ2v) is 7.89. The van der Waals surface area contributed by atoms with E-state index in [1.165, 1.54) is 0 Å². The zero-order valence-electron chi connectivity index (χ0n) is 14.4. The van der Waals surface area contributed by atoms with Crippen LogP contribution in [0.3, 0.4) is 0 Å². The zero-order valence-corrected chi connectivity index (χ0v) is 14.4. The monoisotopic (exact) mass is 286 g/mol. The van der Waals surface area contributed by atoms with Gasteiger partial charge < -0.3 is 8.97 Å². The van der Waals surface area contributed by atoms with Crippen LogP contribution in [-0.2, 0) is 9.59 Å². The molecule has 4 nitrogen and oxygen atoms in total. The standard InChI is InChI=1S/C16H34N2O2/c1-17(2,3)13-15(19)11-9-7-8-10-12-16(20)14-18(4,5)6/h7-14H2,1-6H3/q+2. The van der Waals surface area contributed by atoms with Gasteiger partial charge in [0.25, 0.3) is 0 Å². The molecule has 0 fully saturated rings. The fourth-order valence-corrected chi connectivity index (χ4v) is 2.21. The number of carbonyl (C=O) groups is 2. The Bertz CT molecular complexity index is 279. The Labute approximate surface area is 124 Å². The maximum atomic E-state index is 11.7. The van der Waals surface area contributed by atoms with Gasteiger partial charge in [-0.1, -0.05) is 12.8 Å². The topological polar surface area (TPSA) is 34.1 Å². The van der Waals surface area contributed by atoms with Crippen molar-refractivity contribution >= 4 is 11.6 Å². The average molecular weight is 286 g/mol. The number of Topliss-reactive ketones (excluding diaryl/α,β-unsaturated/α-hetero) is 2. The Kier molecular flexibility index (Phi) is 8.21. The van der Waals surface area contributed by atoms with Gasteiger partial charge in [-0.25, -0.2) is 0 Å². The van der Waals surface area contributed by atoms with Gasteiger partial charge in [0.2, 0.25) is 0 Å². The summed E-state index contributed by atoms with van der Waals surface area (Å²) < 4.78 is 1.41. The van der Waals surface area contributed by atoms with E-state index in [1.807, 2.05) is 42.3 Å². The van der Waals surface area contributed by atoms with Gasteiger partial charge in [-0.3, -0.25) is 9.59 Å². The molecule has 0 unspecified atom stereocenters. The summed E-state index contributed by atoms with van der Waals surface area (Å²) in [4.78, 5) is 23.4. The molecule has 0 bridgehead atoms. The molecule has 4 heteroatoms. The Morgan fingerprint density at radius 1 is 0.600 bits per heavy atom. The molecule has 20 heavy (non-hydrogen) atoms. The van der Waals surface area contributed by atoms with Crippen LogP contribution < -0.4 is 0 Å². The van der Waals surface area contributed by atoms with E-state index in [0.29, 0.717) is 46.5 Å². The van der Waals surface area contributed by atoms with E-state index in [9.17, 15) is 9.59 Å². The Hall–Kier alpha value is -0.740. The van der Waals surface area contributed by atoms with Crippen molar-refractivity contribution in [3.8, 4) is 0 Å². The molecule has 0 aliphatic rings. The molecular formula is C16H34N2O2+2. The zero-order chi connectivity index (χ0) is 15.8. The van der Waals surface area contributed by atoms with Crippen molar-refractivity contribution in [1.29, 1.82) is 0 Å². The molecule has 0 aromatic heterocycles. The SMILES string of the molecule is C[N+](C)(C)CC(=O)CCCCCCC(=O)C[N+](C)(C)C. The predicted octanol–water partition coefficient (Wildman–Crippen LogP) is 1.88. The van der Waals surface area contributed by atoms with Gasteiger partial charge in [-0.05, 0) is 12.8 Å². The summed E-state index contributed by atoms with van der Waals surface area (Å²) in [6, 6.07) is 0. The first-order valence-corrected chi connectivity index (χ1v) is 7.64. The van der Waals surface area contributed by atoms with Gasteiger partial charge in [0.1, 0.15) is 13.1 Å². The van der Waals surface area contributed by atoms with Crippen molar-refractivity contribution in [3.05, 3.63) is 0 Å². The third-order valence-electron chi connectivity index (χ3n) is 2.96. The maximum absolute atomic E-state index is 11.7. The van der Waals surface area contributed by atoms with Crippen LogP contribution in [0, 0.1) is 0 Å². The maximum Gasteiger partial charge on any atom is 0.186 e. The highest BCUT2D eigenvalue weighted by atomic mass is 16.1. The molecule has 0 saturated carbocycles. The van der Waals surface area contributed by atoms with Crippen LogP contribution in [0.4, 0.5) is 0 Å². The fraction of sp³-hybridized carbons (Fsp3) is 0.875. The normalized spacial score (nSPS) is 12.5. The van der Waals surface area contributed by atoms with E-state index in [4.69, 9.17) is 0 Å². The van der Waals surface area contributed by atoms with Crippen molar-refractivity contribution < 1.29 is 18.6 Å². The highest BCUT2D eigenvalue weighted by Gasteiger charge is 2.14. The highest BCUT2D eigenvalue weighted by molar-refractivity contribution is 5.79. The molecule has 0 amide bonds. The summed E-state index contributed by atoms with van der Waals surface area (Å²) in [5.41, 5.74) is 0. The Morgan fingerprint density at radius 2 is 0.900 bits per heavy atom. The Balaban J connectivity index is 3.54. The number of likely N-dealkylation sites (N-methyl/N-ethyl adjacent to an activating group) is 2. The van der Waals surface area contributed by atoms with Gasteiger partial charge >= 0.3 is 0 Å². The van der Waals surface area contributed by atoms with E-state index in [1.54, 1.807) is 0 Å². The first kappa shape index (κ1) is 19.3. The molecular weight excluding hydrogens is 252 g/mol. The lowest BCUT2D eigenvalue weighted by Crippen LogP contribution is -2.39. The molecule has 0 spiro atoms. The van der Waals surface area contributed by atoms with Crippen molar-refractivity contribution in [1.82, 2.24) is 0 Å². The molecule has 0 aromatic carbocycles. The van der Waals surface area contributed by atoms with Crippen LogP contribution in [0.5, 0.6) is 0 Å². The van der Waals surface area contributed by atoms with Gasteiger partial charge in [-0.15, -0.1) is 0 Å². The molecule has 0 N–H and O–H groups in total. The van der Waals surface area contributed by atoms with Gasteiger partial charge in [0, 0.05) is 12.8 Å². The summed E-state index contributed by atoms with van der Waals surface area (Å²) in [6.45, 7) is 1.23. The van der Waals surface area contributed by atoms with E-state index >= 15 is 0 Å². The van der Waals surface area contributed by atoms with Crippen molar-refractivity contribution in [2.75, 3.05) is 55.4 Å². The Morgan fingerprint density at radius 3 is 1.15 bits per heavy atom. The third-order valence-corrected chi connectivity index (χ3v) is 2.96. The van der Waals surface area contributed by atoms with Crippen molar-refractivity contribution in [2.45, 2.75) is 38.5 Å². The average Bonchev–Trinajstić information content (AvgIpc) is 2.17. The van der Waals surface area contributed by atoms with E-state index in [2.05, 4.69) is 0 Å². The first-order valence-electron chi connectivity index (χ1n) is 7.64. The lowest BCUT2D eigenvalue weighted by atomic mass is 10.1. The van der Waals surface area contributed by atoms with Crippen LogP contribution >= 0.6 is 0 Å². The van der Waals surface area contributed by atoms with Crippen molar-refractivity contribution in [2.24, 2.45) is 0 Å². The number of ketones is 2. The van der Waals surface area contributed by atoms with E-state index in [0.717, 1.165) is 25.7 Å². The number of quaternary nitrogens is 2.